The lowest BCUT2D eigenvalue weighted by atomic mass is 10.0. The van der Waals surface area contributed by atoms with Crippen LogP contribution in [0.25, 0.3) is 0 Å². The minimum atomic E-state index is -0.156. The molecule has 0 aliphatic rings. The number of rotatable bonds is 3. The number of hydrogen-bond donors (Lipinski definition) is 1. The summed E-state index contributed by atoms with van der Waals surface area (Å²) < 4.78 is 5.02. The van der Waals surface area contributed by atoms with Crippen LogP contribution in [0, 0.1) is 27.7 Å². The molecule has 1 amide bonds. The highest BCUT2D eigenvalue weighted by molar-refractivity contribution is 6.05. The number of nitrogens with one attached hydrogen (secondary N) is 1. The highest BCUT2D eigenvalue weighted by Gasteiger charge is 2.14. The van der Waals surface area contributed by atoms with Gasteiger partial charge in [-0.25, -0.2) is 0 Å². The molecule has 0 bridgehead atoms. The lowest BCUT2D eigenvalue weighted by molar-refractivity contribution is 0.102. The van der Waals surface area contributed by atoms with E-state index < -0.39 is 0 Å². The molecule has 0 unspecified atom stereocenters. The largest absolute Gasteiger partial charge is 0.467 e. The van der Waals surface area contributed by atoms with Crippen LogP contribution >= 0.6 is 0 Å². The lowest BCUT2D eigenvalue weighted by Gasteiger charge is -2.13. The van der Waals surface area contributed by atoms with Crippen LogP contribution in [-0.2, 0) is 0 Å². The van der Waals surface area contributed by atoms with E-state index >= 15 is 0 Å². The summed E-state index contributed by atoms with van der Waals surface area (Å²) in [6.07, 6.45) is 0. The van der Waals surface area contributed by atoms with Gasteiger partial charge in [-0.1, -0.05) is 17.7 Å². The Morgan fingerprint density at radius 2 is 1.71 bits per heavy atom. The van der Waals surface area contributed by atoms with E-state index in [0.717, 1.165) is 11.1 Å². The van der Waals surface area contributed by atoms with E-state index in [0.29, 0.717) is 28.6 Å². The van der Waals surface area contributed by atoms with Crippen LogP contribution in [-0.4, -0.2) is 23.0 Å². The van der Waals surface area contributed by atoms with Crippen molar-refractivity contribution in [1.82, 2.24) is 9.97 Å². The van der Waals surface area contributed by atoms with Gasteiger partial charge in [-0.2, -0.15) is 9.97 Å². The minimum Gasteiger partial charge on any atom is -0.467 e. The zero-order valence-electron chi connectivity index (χ0n) is 12.9. The Kier molecular flexibility index (Phi) is 4.21. The molecule has 0 spiro atoms. The molecule has 1 aromatic carbocycles. The van der Waals surface area contributed by atoms with Crippen LogP contribution in [0.2, 0.25) is 0 Å². The van der Waals surface area contributed by atoms with Crippen molar-refractivity contribution in [3.8, 4) is 6.01 Å². The lowest BCUT2D eigenvalue weighted by Crippen LogP contribution is -2.16. The van der Waals surface area contributed by atoms with Gasteiger partial charge in [0.2, 0.25) is 0 Å². The molecule has 110 valence electrons. The molecule has 1 aromatic heterocycles. The molecule has 2 rings (SSSR count). The third-order valence-electron chi connectivity index (χ3n) is 3.31. The number of methoxy groups -OCH3 is 1. The van der Waals surface area contributed by atoms with Gasteiger partial charge in [-0.3, -0.25) is 4.79 Å². The van der Waals surface area contributed by atoms with E-state index in [1.807, 2.05) is 45.9 Å². The first-order chi connectivity index (χ1) is 9.92. The summed E-state index contributed by atoms with van der Waals surface area (Å²) in [5, 5.41) is 2.89. The van der Waals surface area contributed by atoms with Crippen molar-refractivity contribution in [3.63, 3.8) is 0 Å². The van der Waals surface area contributed by atoms with Crippen LogP contribution in [0.1, 0.15) is 32.9 Å². The maximum absolute atomic E-state index is 12.4. The van der Waals surface area contributed by atoms with Gasteiger partial charge >= 0.3 is 6.01 Å². The predicted octanol–water partition coefficient (Wildman–Crippen LogP) is 2.97. The standard InChI is InChI=1S/C16H19N3O2/c1-9-6-7-10(2)13(8-9)15(20)19-14-11(3)17-16(21-5)18-12(14)4/h6-8H,1-5H3,(H,19,20). The van der Waals surface area contributed by atoms with Crippen molar-refractivity contribution in [1.29, 1.82) is 0 Å². The molecule has 1 heterocycles. The summed E-state index contributed by atoms with van der Waals surface area (Å²) in [5.74, 6) is -0.156. The Bertz CT molecular complexity index is 673. The van der Waals surface area contributed by atoms with Crippen LogP contribution < -0.4 is 10.1 Å². The fourth-order valence-electron chi connectivity index (χ4n) is 2.12. The molecule has 0 fully saturated rings. The molecule has 0 saturated heterocycles. The number of anilines is 1. The van der Waals surface area contributed by atoms with Crippen molar-refractivity contribution >= 4 is 11.6 Å². The van der Waals surface area contributed by atoms with E-state index in [1.165, 1.54) is 7.11 Å². The van der Waals surface area contributed by atoms with Gasteiger partial charge in [-0.05, 0) is 39.3 Å². The quantitative estimate of drug-likeness (QED) is 0.941. The molecule has 5 heteroatoms. The number of nitrogens with zero attached hydrogens (tertiary/aromatic N) is 2. The Hall–Kier alpha value is -2.43. The van der Waals surface area contributed by atoms with Gasteiger partial charge in [-0.15, -0.1) is 0 Å². The van der Waals surface area contributed by atoms with E-state index in [2.05, 4.69) is 15.3 Å². The minimum absolute atomic E-state index is 0.156. The van der Waals surface area contributed by atoms with Crippen molar-refractivity contribution in [2.45, 2.75) is 27.7 Å². The topological polar surface area (TPSA) is 64.1 Å². The van der Waals surface area contributed by atoms with Gasteiger partial charge in [0.1, 0.15) is 0 Å². The summed E-state index contributed by atoms with van der Waals surface area (Å²) in [6, 6.07) is 6.10. The Balaban J connectivity index is 2.34. The Morgan fingerprint density at radius 1 is 1.10 bits per heavy atom. The second-order valence-corrected chi connectivity index (χ2v) is 5.03. The molecule has 0 aliphatic carbocycles. The maximum atomic E-state index is 12.4. The van der Waals surface area contributed by atoms with Crippen LogP contribution in [0.4, 0.5) is 5.69 Å². The summed E-state index contributed by atoms with van der Waals surface area (Å²) in [5.41, 5.74) is 4.62. The van der Waals surface area contributed by atoms with Crippen molar-refractivity contribution in [2.24, 2.45) is 0 Å². The highest BCUT2D eigenvalue weighted by Crippen LogP contribution is 2.21. The third-order valence-corrected chi connectivity index (χ3v) is 3.31. The summed E-state index contributed by atoms with van der Waals surface area (Å²) in [6.45, 7) is 7.51. The first-order valence-electron chi connectivity index (χ1n) is 6.70. The molecule has 0 radical (unpaired) electrons. The fraction of sp³-hybridized carbons (Fsp3) is 0.312. The fourth-order valence-corrected chi connectivity index (χ4v) is 2.12. The molecule has 0 atom stereocenters. The molecule has 1 N–H and O–H groups in total. The molecule has 21 heavy (non-hydrogen) atoms. The molecular weight excluding hydrogens is 266 g/mol. The Morgan fingerprint density at radius 3 is 2.29 bits per heavy atom. The van der Waals surface area contributed by atoms with Gasteiger partial charge in [0, 0.05) is 5.56 Å². The summed E-state index contributed by atoms with van der Waals surface area (Å²) in [4.78, 5) is 20.8. The predicted molar refractivity (Wildman–Crippen MR) is 81.9 cm³/mol. The molecule has 0 aliphatic heterocycles. The van der Waals surface area contributed by atoms with E-state index in [-0.39, 0.29) is 5.91 Å². The number of ether oxygens (including phenoxy) is 1. The first-order valence-corrected chi connectivity index (χ1v) is 6.70. The average molecular weight is 285 g/mol. The number of carbonyl (C=O) groups is 1. The van der Waals surface area contributed by atoms with Crippen molar-refractivity contribution < 1.29 is 9.53 Å². The van der Waals surface area contributed by atoms with Gasteiger partial charge in [0.05, 0.1) is 24.2 Å². The number of carbonyl (C=O) groups excluding carboxylic acids is 1. The zero-order chi connectivity index (χ0) is 15.6. The molecule has 0 saturated carbocycles. The van der Waals surface area contributed by atoms with Crippen LogP contribution in [0.15, 0.2) is 18.2 Å². The zero-order valence-corrected chi connectivity index (χ0v) is 12.9. The molecular formula is C16H19N3O2. The number of aromatic nitrogens is 2. The second kappa shape index (κ2) is 5.91. The third kappa shape index (κ3) is 3.18. The van der Waals surface area contributed by atoms with Crippen molar-refractivity contribution in [3.05, 3.63) is 46.3 Å². The van der Waals surface area contributed by atoms with Gasteiger partial charge < -0.3 is 10.1 Å². The second-order valence-electron chi connectivity index (χ2n) is 5.03. The Labute approximate surface area is 124 Å². The monoisotopic (exact) mass is 285 g/mol. The normalized spacial score (nSPS) is 10.3. The molecule has 5 nitrogen and oxygen atoms in total. The highest BCUT2D eigenvalue weighted by atomic mass is 16.5. The van der Waals surface area contributed by atoms with Crippen molar-refractivity contribution in [2.75, 3.05) is 12.4 Å². The maximum Gasteiger partial charge on any atom is 0.316 e. The number of hydrogen-bond acceptors (Lipinski definition) is 4. The SMILES string of the molecule is COc1nc(C)c(NC(=O)c2cc(C)ccc2C)c(C)n1. The van der Waals surface area contributed by atoms with E-state index in [4.69, 9.17) is 4.74 Å². The average Bonchev–Trinajstić information content (AvgIpc) is 2.44. The smallest absolute Gasteiger partial charge is 0.316 e. The summed E-state index contributed by atoms with van der Waals surface area (Å²) in [7, 11) is 1.52. The molecule has 2 aromatic rings. The van der Waals surface area contributed by atoms with Crippen LogP contribution in [0.3, 0.4) is 0 Å². The van der Waals surface area contributed by atoms with Gasteiger partial charge in [0.25, 0.3) is 5.91 Å². The van der Waals surface area contributed by atoms with Gasteiger partial charge in [0.15, 0.2) is 0 Å². The number of aryl methyl sites for hydroxylation is 4. The van der Waals surface area contributed by atoms with Crippen LogP contribution in [0.5, 0.6) is 6.01 Å². The van der Waals surface area contributed by atoms with E-state index in [9.17, 15) is 4.79 Å². The summed E-state index contributed by atoms with van der Waals surface area (Å²) >= 11 is 0. The van der Waals surface area contributed by atoms with E-state index in [1.54, 1.807) is 0 Å². The number of benzene rings is 1. The first kappa shape index (κ1) is 15.0. The number of amides is 1.